The lowest BCUT2D eigenvalue weighted by Gasteiger charge is -2.31. The Morgan fingerprint density at radius 2 is 1.71 bits per heavy atom. The Morgan fingerprint density at radius 3 is 2.36 bits per heavy atom. The Bertz CT molecular complexity index is 999. The first-order valence-corrected chi connectivity index (χ1v) is 10.4. The maximum atomic E-state index is 12.9. The van der Waals surface area contributed by atoms with Crippen molar-refractivity contribution in [1.82, 2.24) is 9.21 Å². The molecule has 8 nitrogen and oxygen atoms in total. The number of sulfonamides is 1. The summed E-state index contributed by atoms with van der Waals surface area (Å²) in [5.41, 5.74) is 2.78. The summed E-state index contributed by atoms with van der Waals surface area (Å²) in [6.45, 7) is 5.89. The number of hydrogen-bond acceptors (Lipinski definition) is 6. The van der Waals surface area contributed by atoms with Crippen molar-refractivity contribution in [2.75, 3.05) is 38.5 Å². The van der Waals surface area contributed by atoms with Crippen LogP contribution in [0.3, 0.4) is 0 Å². The zero-order chi connectivity index (χ0) is 20.5. The second kappa shape index (κ2) is 7.86. The summed E-state index contributed by atoms with van der Waals surface area (Å²) in [4.78, 5) is 13.0. The molecule has 28 heavy (non-hydrogen) atoms. The van der Waals surface area contributed by atoms with Gasteiger partial charge in [-0.25, -0.2) is 8.42 Å². The number of hydrogen-bond donors (Lipinski definition) is 1. The molecule has 2 aromatic rings. The lowest BCUT2D eigenvalue weighted by atomic mass is 10.1. The molecule has 150 valence electrons. The van der Waals surface area contributed by atoms with Crippen molar-refractivity contribution in [2.45, 2.75) is 18.7 Å². The number of piperazine rings is 1. The van der Waals surface area contributed by atoms with Gasteiger partial charge in [-0.05, 0) is 50.2 Å². The highest BCUT2D eigenvalue weighted by atomic mass is 32.2. The molecule has 1 aliphatic heterocycles. The van der Waals surface area contributed by atoms with Crippen LogP contribution in [0, 0.1) is 24.0 Å². The number of benzene rings is 2. The van der Waals surface area contributed by atoms with Crippen molar-refractivity contribution < 1.29 is 13.3 Å². The zero-order valence-electron chi connectivity index (χ0n) is 16.2. The third kappa shape index (κ3) is 4.01. The number of likely N-dealkylation sites (N-methyl/N-ethyl adjacent to an activating group) is 1. The third-order valence-corrected chi connectivity index (χ3v) is 7.03. The Hall–Kier alpha value is -2.49. The Balaban J connectivity index is 1.95. The summed E-state index contributed by atoms with van der Waals surface area (Å²) in [5, 5.41) is 14.7. The highest BCUT2D eigenvalue weighted by Gasteiger charge is 2.29. The number of anilines is 2. The molecule has 0 amide bonds. The first-order chi connectivity index (χ1) is 13.2. The van der Waals surface area contributed by atoms with Gasteiger partial charge in [0.25, 0.3) is 5.69 Å². The highest BCUT2D eigenvalue weighted by molar-refractivity contribution is 7.89. The lowest BCUT2D eigenvalue weighted by molar-refractivity contribution is -0.384. The van der Waals surface area contributed by atoms with Gasteiger partial charge in [-0.1, -0.05) is 12.1 Å². The summed E-state index contributed by atoms with van der Waals surface area (Å²) >= 11 is 0. The van der Waals surface area contributed by atoms with Gasteiger partial charge in [0.2, 0.25) is 10.0 Å². The average Bonchev–Trinajstić information content (AvgIpc) is 2.66. The Labute approximate surface area is 165 Å². The van der Waals surface area contributed by atoms with E-state index < -0.39 is 14.9 Å². The molecule has 1 saturated heterocycles. The lowest BCUT2D eigenvalue weighted by Crippen LogP contribution is -2.47. The van der Waals surface area contributed by atoms with Crippen molar-refractivity contribution >= 4 is 27.1 Å². The molecule has 2 aromatic carbocycles. The predicted octanol–water partition coefficient (Wildman–Crippen LogP) is 2.89. The van der Waals surface area contributed by atoms with E-state index in [0.717, 1.165) is 22.9 Å². The Kier molecular flexibility index (Phi) is 5.69. The summed E-state index contributed by atoms with van der Waals surface area (Å²) < 4.78 is 27.2. The maximum absolute atomic E-state index is 12.9. The van der Waals surface area contributed by atoms with E-state index in [9.17, 15) is 18.5 Å². The van der Waals surface area contributed by atoms with E-state index in [1.165, 1.54) is 16.4 Å². The van der Waals surface area contributed by atoms with E-state index in [1.807, 2.05) is 44.0 Å². The van der Waals surface area contributed by atoms with Crippen molar-refractivity contribution in [1.29, 1.82) is 0 Å². The molecule has 0 aromatic heterocycles. The number of nitro benzene ring substituents is 1. The van der Waals surface area contributed by atoms with Gasteiger partial charge in [0, 0.05) is 37.9 Å². The summed E-state index contributed by atoms with van der Waals surface area (Å²) in [5.74, 6) is 0. The van der Waals surface area contributed by atoms with Gasteiger partial charge >= 0.3 is 0 Å². The van der Waals surface area contributed by atoms with Crippen molar-refractivity contribution in [2.24, 2.45) is 0 Å². The molecule has 1 N–H and O–H groups in total. The molecule has 0 spiro atoms. The molecular weight excluding hydrogens is 380 g/mol. The first kappa shape index (κ1) is 20.2. The van der Waals surface area contributed by atoms with Crippen molar-refractivity contribution in [3.05, 3.63) is 57.6 Å². The molecule has 3 rings (SSSR count). The molecule has 1 fully saturated rings. The summed E-state index contributed by atoms with van der Waals surface area (Å²) in [6, 6.07) is 9.68. The fraction of sp³-hybridized carbons (Fsp3) is 0.368. The predicted molar refractivity (Wildman–Crippen MR) is 109 cm³/mol. The van der Waals surface area contributed by atoms with Gasteiger partial charge in [0.15, 0.2) is 0 Å². The molecule has 0 radical (unpaired) electrons. The average molecular weight is 404 g/mol. The van der Waals surface area contributed by atoms with Crippen LogP contribution in [0.4, 0.5) is 17.1 Å². The molecule has 1 heterocycles. The van der Waals surface area contributed by atoms with Crippen molar-refractivity contribution in [3.8, 4) is 0 Å². The number of nitrogens with one attached hydrogen (secondary N) is 1. The second-order valence-corrected chi connectivity index (χ2v) is 8.95. The van der Waals surface area contributed by atoms with Crippen LogP contribution in [0.25, 0.3) is 0 Å². The zero-order valence-corrected chi connectivity index (χ0v) is 17.0. The smallest absolute Gasteiger partial charge is 0.294 e. The molecular formula is C19H24N4O4S. The summed E-state index contributed by atoms with van der Waals surface area (Å²) in [7, 11) is -1.84. The van der Waals surface area contributed by atoms with E-state index in [4.69, 9.17) is 0 Å². The Morgan fingerprint density at radius 1 is 1.04 bits per heavy atom. The minimum atomic E-state index is -3.77. The van der Waals surface area contributed by atoms with E-state index in [-0.39, 0.29) is 16.3 Å². The van der Waals surface area contributed by atoms with Crippen LogP contribution in [0.15, 0.2) is 41.3 Å². The number of aryl methyl sites for hydroxylation is 1. The molecule has 0 unspecified atom stereocenters. The van der Waals surface area contributed by atoms with Crippen LogP contribution in [0.1, 0.15) is 11.1 Å². The van der Waals surface area contributed by atoms with Gasteiger partial charge in [0.05, 0.1) is 9.82 Å². The first-order valence-electron chi connectivity index (χ1n) is 9.00. The van der Waals surface area contributed by atoms with Crippen molar-refractivity contribution in [3.63, 3.8) is 0 Å². The topological polar surface area (TPSA) is 95.8 Å². The SMILES string of the molecule is Cc1cccc(Nc2ccc(S(=O)(=O)N3CCN(C)CC3)cc2[N+](=O)[O-])c1C. The van der Waals surface area contributed by atoms with Gasteiger partial charge < -0.3 is 10.2 Å². The summed E-state index contributed by atoms with van der Waals surface area (Å²) in [6.07, 6.45) is 0. The number of rotatable bonds is 5. The van der Waals surface area contributed by atoms with Gasteiger partial charge in [0.1, 0.15) is 5.69 Å². The van der Waals surface area contributed by atoms with E-state index in [1.54, 1.807) is 0 Å². The fourth-order valence-electron chi connectivity index (χ4n) is 3.14. The maximum Gasteiger partial charge on any atom is 0.294 e. The molecule has 0 atom stereocenters. The van der Waals surface area contributed by atoms with Gasteiger partial charge in [-0.2, -0.15) is 4.31 Å². The quantitative estimate of drug-likeness (QED) is 0.608. The van der Waals surface area contributed by atoms with E-state index >= 15 is 0 Å². The van der Waals surface area contributed by atoms with Gasteiger partial charge in [-0.3, -0.25) is 10.1 Å². The normalized spacial score (nSPS) is 16.1. The molecule has 0 saturated carbocycles. The fourth-order valence-corrected chi connectivity index (χ4v) is 4.58. The largest absolute Gasteiger partial charge is 0.350 e. The monoisotopic (exact) mass is 404 g/mol. The van der Waals surface area contributed by atoms with E-state index in [0.29, 0.717) is 26.2 Å². The number of nitro groups is 1. The van der Waals surface area contributed by atoms with E-state index in [2.05, 4.69) is 5.32 Å². The third-order valence-electron chi connectivity index (χ3n) is 5.14. The van der Waals surface area contributed by atoms with Crippen LogP contribution in [-0.2, 0) is 10.0 Å². The molecule has 1 aliphatic rings. The van der Waals surface area contributed by atoms with Crippen LogP contribution in [-0.4, -0.2) is 55.8 Å². The van der Waals surface area contributed by atoms with Crippen LogP contribution in [0.2, 0.25) is 0 Å². The molecule has 9 heteroatoms. The molecule has 0 aliphatic carbocycles. The van der Waals surface area contributed by atoms with Crippen LogP contribution in [0.5, 0.6) is 0 Å². The number of nitrogens with zero attached hydrogens (tertiary/aromatic N) is 3. The molecule has 0 bridgehead atoms. The van der Waals surface area contributed by atoms with Crippen LogP contribution < -0.4 is 5.32 Å². The minimum Gasteiger partial charge on any atom is -0.350 e. The van der Waals surface area contributed by atoms with Gasteiger partial charge in [-0.15, -0.1) is 0 Å². The minimum absolute atomic E-state index is 0.0599. The van der Waals surface area contributed by atoms with Crippen LogP contribution >= 0.6 is 0 Å². The highest BCUT2D eigenvalue weighted by Crippen LogP contribution is 2.32. The standard InChI is InChI=1S/C19H24N4O4S/c1-14-5-4-6-17(15(14)2)20-18-8-7-16(13-19(18)23(24)25)28(26,27)22-11-9-21(3)10-12-22/h4-8,13,20H,9-12H2,1-3H3. The second-order valence-electron chi connectivity index (χ2n) is 7.02.